The van der Waals surface area contributed by atoms with Gasteiger partial charge >= 0.3 is 11.9 Å². The highest BCUT2D eigenvalue weighted by Gasteiger charge is 2.43. The summed E-state index contributed by atoms with van der Waals surface area (Å²) < 4.78 is 4.88. The third-order valence-corrected chi connectivity index (χ3v) is 4.99. The van der Waals surface area contributed by atoms with Gasteiger partial charge in [0.25, 0.3) is 0 Å². The molecular weight excluding hydrogens is 318 g/mol. The number of aliphatic carboxylic acids is 1. The van der Waals surface area contributed by atoms with Gasteiger partial charge in [-0.3, -0.25) is 9.59 Å². The summed E-state index contributed by atoms with van der Waals surface area (Å²) >= 11 is 1.56. The van der Waals surface area contributed by atoms with Crippen LogP contribution < -0.4 is 5.32 Å². The minimum absolute atomic E-state index is 0.0467. The number of hydrogen-bond acceptors (Lipinski definition) is 5. The zero-order chi connectivity index (χ0) is 16.9. The number of benzene rings is 1. The number of rotatable bonds is 6. The second-order valence-corrected chi connectivity index (χ2v) is 6.52. The molecule has 0 aliphatic carbocycles. The number of carboxylic acids is 1. The normalized spacial score (nSPS) is 20.0. The second kappa shape index (κ2) is 7.50. The molecule has 2 N–H and O–H groups in total. The Bertz CT molecular complexity index is 593. The number of hydrogen-bond donors (Lipinski definition) is 2. The summed E-state index contributed by atoms with van der Waals surface area (Å²) in [7, 11) is 0. The fourth-order valence-corrected chi connectivity index (χ4v) is 3.85. The topological polar surface area (TPSA) is 92.7 Å². The molecule has 2 rings (SSSR count). The SMILES string of the molecule is CCOC(=O)c1ccc(NC(=O)C[C@]2(C(=O)O)CCSC2)cc1. The quantitative estimate of drug-likeness (QED) is 0.774. The Labute approximate surface area is 138 Å². The van der Waals surface area contributed by atoms with Crippen LogP contribution in [0.2, 0.25) is 0 Å². The van der Waals surface area contributed by atoms with Crippen molar-refractivity contribution in [3.05, 3.63) is 29.8 Å². The molecular formula is C16H19NO5S. The number of carboxylic acid groups (broad SMARTS) is 1. The van der Waals surface area contributed by atoms with E-state index >= 15 is 0 Å². The molecule has 1 aromatic carbocycles. The van der Waals surface area contributed by atoms with Crippen LogP contribution in [0.1, 0.15) is 30.1 Å². The van der Waals surface area contributed by atoms with Crippen LogP contribution >= 0.6 is 11.8 Å². The van der Waals surface area contributed by atoms with Gasteiger partial charge in [0, 0.05) is 17.9 Å². The Hall–Kier alpha value is -2.02. The summed E-state index contributed by atoms with van der Waals surface area (Å²) in [5.74, 6) is -0.460. The van der Waals surface area contributed by atoms with Crippen molar-refractivity contribution >= 4 is 35.3 Å². The molecule has 7 heteroatoms. The van der Waals surface area contributed by atoms with Gasteiger partial charge in [-0.25, -0.2) is 4.79 Å². The number of carbonyl (C=O) groups is 3. The molecule has 23 heavy (non-hydrogen) atoms. The van der Waals surface area contributed by atoms with E-state index in [2.05, 4.69) is 5.32 Å². The van der Waals surface area contributed by atoms with E-state index < -0.39 is 17.4 Å². The fraction of sp³-hybridized carbons (Fsp3) is 0.438. The van der Waals surface area contributed by atoms with Gasteiger partial charge < -0.3 is 15.2 Å². The van der Waals surface area contributed by atoms with Crippen LogP contribution in [0.5, 0.6) is 0 Å². The lowest BCUT2D eigenvalue weighted by Crippen LogP contribution is -2.35. The van der Waals surface area contributed by atoms with Gasteiger partial charge in [0.1, 0.15) is 0 Å². The first-order valence-corrected chi connectivity index (χ1v) is 8.50. The van der Waals surface area contributed by atoms with Crippen molar-refractivity contribution in [1.29, 1.82) is 0 Å². The van der Waals surface area contributed by atoms with Crippen LogP contribution in [-0.2, 0) is 14.3 Å². The van der Waals surface area contributed by atoms with Gasteiger partial charge in [-0.05, 0) is 43.4 Å². The van der Waals surface area contributed by atoms with E-state index in [1.165, 1.54) is 0 Å². The number of carbonyl (C=O) groups excluding carboxylic acids is 2. The molecule has 1 aromatic rings. The average Bonchev–Trinajstić information content (AvgIpc) is 2.98. The molecule has 0 spiro atoms. The van der Waals surface area contributed by atoms with Crippen molar-refractivity contribution in [1.82, 2.24) is 0 Å². The Morgan fingerprint density at radius 3 is 2.52 bits per heavy atom. The Morgan fingerprint density at radius 2 is 2.00 bits per heavy atom. The number of thioether (sulfide) groups is 1. The van der Waals surface area contributed by atoms with Crippen LogP contribution in [0.3, 0.4) is 0 Å². The van der Waals surface area contributed by atoms with Crippen LogP contribution in [0.15, 0.2) is 24.3 Å². The van der Waals surface area contributed by atoms with Gasteiger partial charge in [0.05, 0.1) is 17.6 Å². The lowest BCUT2D eigenvalue weighted by Gasteiger charge is -2.22. The molecule has 0 aromatic heterocycles. The van der Waals surface area contributed by atoms with Crippen molar-refractivity contribution in [2.75, 3.05) is 23.4 Å². The van der Waals surface area contributed by atoms with Gasteiger partial charge in [-0.2, -0.15) is 11.8 Å². The first kappa shape index (κ1) is 17.3. The second-order valence-electron chi connectivity index (χ2n) is 5.41. The number of nitrogens with one attached hydrogen (secondary N) is 1. The van der Waals surface area contributed by atoms with Crippen LogP contribution in [-0.4, -0.2) is 41.1 Å². The first-order chi connectivity index (χ1) is 11.0. The Balaban J connectivity index is 1.97. The molecule has 0 saturated carbocycles. The highest BCUT2D eigenvalue weighted by atomic mass is 32.2. The molecule has 1 fully saturated rings. The van der Waals surface area contributed by atoms with E-state index in [0.717, 1.165) is 5.75 Å². The summed E-state index contributed by atoms with van der Waals surface area (Å²) in [5.41, 5.74) is -0.0483. The van der Waals surface area contributed by atoms with Crippen molar-refractivity contribution in [2.45, 2.75) is 19.8 Å². The number of esters is 1. The maximum atomic E-state index is 12.1. The average molecular weight is 337 g/mol. The number of amides is 1. The largest absolute Gasteiger partial charge is 0.481 e. The summed E-state index contributed by atoms with van der Waals surface area (Å²) in [6.07, 6.45) is 0.456. The highest BCUT2D eigenvalue weighted by Crippen LogP contribution is 2.39. The zero-order valence-corrected chi connectivity index (χ0v) is 13.6. The minimum Gasteiger partial charge on any atom is -0.481 e. The maximum Gasteiger partial charge on any atom is 0.338 e. The van der Waals surface area contributed by atoms with E-state index in [0.29, 0.717) is 30.0 Å². The van der Waals surface area contributed by atoms with E-state index in [1.54, 1.807) is 43.0 Å². The molecule has 1 heterocycles. The lowest BCUT2D eigenvalue weighted by molar-refractivity contribution is -0.149. The monoisotopic (exact) mass is 337 g/mol. The summed E-state index contributed by atoms with van der Waals surface area (Å²) in [6.45, 7) is 2.03. The van der Waals surface area contributed by atoms with Gasteiger partial charge in [-0.1, -0.05) is 0 Å². The molecule has 0 radical (unpaired) electrons. The van der Waals surface area contributed by atoms with Crippen LogP contribution in [0.4, 0.5) is 5.69 Å². The van der Waals surface area contributed by atoms with Crippen molar-refractivity contribution in [3.8, 4) is 0 Å². The molecule has 1 aliphatic heterocycles. The van der Waals surface area contributed by atoms with E-state index in [-0.39, 0.29) is 12.3 Å². The predicted molar refractivity (Wildman–Crippen MR) is 87.7 cm³/mol. The Morgan fingerprint density at radius 1 is 1.30 bits per heavy atom. The standard InChI is InChI=1S/C16H19NO5S/c1-2-22-14(19)11-3-5-12(6-4-11)17-13(18)9-16(15(20)21)7-8-23-10-16/h3-6H,2,7-10H2,1H3,(H,17,18)(H,20,21)/t16-/m1/s1. The fourth-order valence-electron chi connectivity index (χ4n) is 2.41. The molecule has 0 bridgehead atoms. The van der Waals surface area contributed by atoms with Crippen molar-refractivity contribution in [2.24, 2.45) is 5.41 Å². The molecule has 1 saturated heterocycles. The van der Waals surface area contributed by atoms with Crippen LogP contribution in [0, 0.1) is 5.41 Å². The molecule has 6 nitrogen and oxygen atoms in total. The van der Waals surface area contributed by atoms with Gasteiger partial charge in [0.2, 0.25) is 5.91 Å². The van der Waals surface area contributed by atoms with Gasteiger partial charge in [-0.15, -0.1) is 0 Å². The van der Waals surface area contributed by atoms with E-state index in [9.17, 15) is 19.5 Å². The molecule has 0 unspecified atom stereocenters. The minimum atomic E-state index is -0.973. The van der Waals surface area contributed by atoms with Crippen LogP contribution in [0.25, 0.3) is 0 Å². The highest BCUT2D eigenvalue weighted by molar-refractivity contribution is 7.99. The summed E-state index contributed by atoms with van der Waals surface area (Å²) in [6, 6.07) is 6.32. The van der Waals surface area contributed by atoms with E-state index in [4.69, 9.17) is 4.74 Å². The lowest BCUT2D eigenvalue weighted by atomic mass is 9.84. The number of ether oxygens (including phenoxy) is 1. The first-order valence-electron chi connectivity index (χ1n) is 7.35. The molecule has 1 aliphatic rings. The third-order valence-electron chi connectivity index (χ3n) is 3.74. The van der Waals surface area contributed by atoms with Crippen molar-refractivity contribution < 1.29 is 24.2 Å². The summed E-state index contributed by atoms with van der Waals surface area (Å²) in [4.78, 5) is 35.1. The molecule has 1 amide bonds. The molecule has 1 atom stereocenters. The number of anilines is 1. The summed E-state index contributed by atoms with van der Waals surface area (Å²) in [5, 5.41) is 12.1. The van der Waals surface area contributed by atoms with Crippen molar-refractivity contribution in [3.63, 3.8) is 0 Å². The van der Waals surface area contributed by atoms with E-state index in [1.807, 2.05) is 0 Å². The maximum absolute atomic E-state index is 12.1. The third kappa shape index (κ3) is 4.25. The smallest absolute Gasteiger partial charge is 0.338 e. The van der Waals surface area contributed by atoms with Gasteiger partial charge in [0.15, 0.2) is 0 Å². The zero-order valence-electron chi connectivity index (χ0n) is 12.8. The predicted octanol–water partition coefficient (Wildman–Crippen LogP) is 2.40. The Kier molecular flexibility index (Phi) is 5.65. The molecule has 124 valence electrons.